The van der Waals surface area contributed by atoms with Gasteiger partial charge in [-0.25, -0.2) is 0 Å². The Balaban J connectivity index is 1.87. The molecular formula is C15H22N2O4. The van der Waals surface area contributed by atoms with Gasteiger partial charge in [0.1, 0.15) is 0 Å². The molecule has 0 bridgehead atoms. The number of carbonyl (C=O) groups excluding carboxylic acids is 1. The molecule has 1 heterocycles. The van der Waals surface area contributed by atoms with E-state index in [2.05, 4.69) is 5.32 Å². The average Bonchev–Trinajstić information content (AvgIpc) is 2.55. The quantitative estimate of drug-likeness (QED) is 0.845. The van der Waals surface area contributed by atoms with E-state index < -0.39 is 0 Å². The molecule has 6 nitrogen and oxygen atoms in total. The third-order valence-corrected chi connectivity index (χ3v) is 3.41. The Morgan fingerprint density at radius 1 is 1.19 bits per heavy atom. The molecule has 21 heavy (non-hydrogen) atoms. The lowest BCUT2D eigenvalue weighted by atomic mass is 10.3. The smallest absolute Gasteiger partial charge is 0.226 e. The van der Waals surface area contributed by atoms with Gasteiger partial charge >= 0.3 is 0 Å². The van der Waals surface area contributed by atoms with E-state index in [1.807, 2.05) is 11.0 Å². The first-order valence-corrected chi connectivity index (χ1v) is 7.08. The highest BCUT2D eigenvalue weighted by Crippen LogP contribution is 2.36. The van der Waals surface area contributed by atoms with Crippen LogP contribution in [-0.4, -0.2) is 57.8 Å². The number of carbonyl (C=O) groups is 1. The van der Waals surface area contributed by atoms with Crippen LogP contribution in [0, 0.1) is 0 Å². The van der Waals surface area contributed by atoms with E-state index in [0.29, 0.717) is 30.3 Å². The van der Waals surface area contributed by atoms with Gasteiger partial charge in [-0.15, -0.1) is 0 Å². The maximum absolute atomic E-state index is 12.0. The fourth-order valence-corrected chi connectivity index (χ4v) is 2.29. The second-order valence-corrected chi connectivity index (χ2v) is 4.72. The van der Waals surface area contributed by atoms with Crippen molar-refractivity contribution in [1.29, 1.82) is 0 Å². The first-order chi connectivity index (χ1) is 10.3. The number of hydrogen-bond acceptors (Lipinski definition) is 5. The molecule has 0 atom stereocenters. The minimum atomic E-state index is 0.123. The number of amides is 1. The second kappa shape index (κ2) is 7.73. The van der Waals surface area contributed by atoms with Crippen molar-refractivity contribution < 1.29 is 19.0 Å². The van der Waals surface area contributed by atoms with E-state index in [-0.39, 0.29) is 5.91 Å². The molecule has 1 aliphatic rings. The molecule has 1 fully saturated rings. The van der Waals surface area contributed by atoms with Gasteiger partial charge in [-0.3, -0.25) is 4.79 Å². The Kier molecular flexibility index (Phi) is 5.68. The summed E-state index contributed by atoms with van der Waals surface area (Å²) >= 11 is 0. The number of hydrogen-bond donors (Lipinski definition) is 1. The maximum Gasteiger partial charge on any atom is 0.226 e. The first-order valence-electron chi connectivity index (χ1n) is 7.08. The van der Waals surface area contributed by atoms with Crippen LogP contribution in [0.2, 0.25) is 0 Å². The SMILES string of the molecule is COc1cccc(OCCC(=O)N2CCNCC2)c1OC. The van der Waals surface area contributed by atoms with Gasteiger partial charge in [0.25, 0.3) is 0 Å². The molecular weight excluding hydrogens is 272 g/mol. The lowest BCUT2D eigenvalue weighted by Crippen LogP contribution is -2.46. The van der Waals surface area contributed by atoms with Crippen LogP contribution >= 0.6 is 0 Å². The van der Waals surface area contributed by atoms with Crippen molar-refractivity contribution in [3.05, 3.63) is 18.2 Å². The molecule has 1 N–H and O–H groups in total. The van der Waals surface area contributed by atoms with E-state index in [4.69, 9.17) is 14.2 Å². The zero-order chi connectivity index (χ0) is 15.1. The van der Waals surface area contributed by atoms with Crippen molar-refractivity contribution in [2.24, 2.45) is 0 Å². The Morgan fingerprint density at radius 2 is 1.90 bits per heavy atom. The number of ether oxygens (including phenoxy) is 3. The zero-order valence-corrected chi connectivity index (χ0v) is 12.6. The number of nitrogens with zero attached hydrogens (tertiary/aromatic N) is 1. The van der Waals surface area contributed by atoms with E-state index >= 15 is 0 Å². The molecule has 0 aromatic heterocycles. The summed E-state index contributed by atoms with van der Waals surface area (Å²) in [4.78, 5) is 13.9. The second-order valence-electron chi connectivity index (χ2n) is 4.72. The lowest BCUT2D eigenvalue weighted by molar-refractivity contribution is -0.132. The van der Waals surface area contributed by atoms with Crippen molar-refractivity contribution >= 4 is 5.91 Å². The van der Waals surface area contributed by atoms with Crippen LogP contribution in [0.15, 0.2) is 18.2 Å². The topological polar surface area (TPSA) is 60.0 Å². The Hall–Kier alpha value is -1.95. The highest BCUT2D eigenvalue weighted by atomic mass is 16.5. The van der Waals surface area contributed by atoms with Crippen molar-refractivity contribution in [3.63, 3.8) is 0 Å². The Bertz CT molecular complexity index is 473. The summed E-state index contributed by atoms with van der Waals surface area (Å²) in [6, 6.07) is 5.43. The highest BCUT2D eigenvalue weighted by molar-refractivity contribution is 5.76. The summed E-state index contributed by atoms with van der Waals surface area (Å²) in [7, 11) is 3.14. The van der Waals surface area contributed by atoms with Gasteiger partial charge in [0, 0.05) is 26.2 Å². The zero-order valence-electron chi connectivity index (χ0n) is 12.6. The fraction of sp³-hybridized carbons (Fsp3) is 0.533. The predicted molar refractivity (Wildman–Crippen MR) is 79.1 cm³/mol. The molecule has 116 valence electrons. The van der Waals surface area contributed by atoms with Crippen molar-refractivity contribution in [2.75, 3.05) is 47.0 Å². The van der Waals surface area contributed by atoms with Gasteiger partial charge < -0.3 is 24.4 Å². The van der Waals surface area contributed by atoms with Gasteiger partial charge in [0.2, 0.25) is 11.7 Å². The van der Waals surface area contributed by atoms with Crippen molar-refractivity contribution in [1.82, 2.24) is 10.2 Å². The minimum absolute atomic E-state index is 0.123. The summed E-state index contributed by atoms with van der Waals surface area (Å²) in [5, 5.41) is 3.22. The molecule has 0 aliphatic carbocycles. The van der Waals surface area contributed by atoms with Gasteiger partial charge in [-0.1, -0.05) is 6.07 Å². The molecule has 1 aromatic rings. The number of rotatable bonds is 6. The van der Waals surface area contributed by atoms with E-state index in [1.54, 1.807) is 26.4 Å². The Labute approximate surface area is 125 Å². The minimum Gasteiger partial charge on any atom is -0.493 e. The first kappa shape index (κ1) is 15.4. The van der Waals surface area contributed by atoms with E-state index in [9.17, 15) is 4.79 Å². The molecule has 0 saturated carbocycles. The van der Waals surface area contributed by atoms with Crippen LogP contribution in [0.25, 0.3) is 0 Å². The molecule has 0 spiro atoms. The summed E-state index contributed by atoms with van der Waals surface area (Å²) in [5.74, 6) is 1.88. The number of benzene rings is 1. The largest absolute Gasteiger partial charge is 0.493 e. The van der Waals surface area contributed by atoms with Gasteiger partial charge in [0.05, 0.1) is 27.2 Å². The molecule has 6 heteroatoms. The fourth-order valence-electron chi connectivity index (χ4n) is 2.29. The molecule has 1 saturated heterocycles. The summed E-state index contributed by atoms with van der Waals surface area (Å²) in [6.45, 7) is 3.57. The molecule has 1 amide bonds. The molecule has 0 radical (unpaired) electrons. The van der Waals surface area contributed by atoms with Gasteiger partial charge in [-0.05, 0) is 12.1 Å². The molecule has 0 unspecified atom stereocenters. The van der Waals surface area contributed by atoms with E-state index in [0.717, 1.165) is 26.2 Å². The highest BCUT2D eigenvalue weighted by Gasteiger charge is 2.16. The molecule has 2 rings (SSSR count). The Morgan fingerprint density at radius 3 is 2.57 bits per heavy atom. The molecule has 1 aliphatic heterocycles. The molecule has 1 aromatic carbocycles. The summed E-state index contributed by atoms with van der Waals surface area (Å²) in [6.07, 6.45) is 0.361. The third-order valence-electron chi connectivity index (χ3n) is 3.41. The van der Waals surface area contributed by atoms with Crippen LogP contribution in [0.3, 0.4) is 0 Å². The van der Waals surface area contributed by atoms with E-state index in [1.165, 1.54) is 0 Å². The monoisotopic (exact) mass is 294 g/mol. The maximum atomic E-state index is 12.0. The summed E-state index contributed by atoms with van der Waals surface area (Å²) in [5.41, 5.74) is 0. The normalized spacial score (nSPS) is 14.7. The number of methoxy groups -OCH3 is 2. The average molecular weight is 294 g/mol. The predicted octanol–water partition coefficient (Wildman–Crippen LogP) is 0.904. The van der Waals surface area contributed by atoms with Gasteiger partial charge in [-0.2, -0.15) is 0 Å². The number of nitrogens with one attached hydrogen (secondary N) is 1. The number of piperazine rings is 1. The summed E-state index contributed by atoms with van der Waals surface area (Å²) < 4.78 is 16.2. The van der Waals surface area contributed by atoms with Crippen molar-refractivity contribution in [3.8, 4) is 17.2 Å². The van der Waals surface area contributed by atoms with Crippen LogP contribution in [0.5, 0.6) is 17.2 Å². The van der Waals surface area contributed by atoms with Crippen LogP contribution in [-0.2, 0) is 4.79 Å². The third kappa shape index (κ3) is 4.01. The lowest BCUT2D eigenvalue weighted by Gasteiger charge is -2.27. The van der Waals surface area contributed by atoms with Gasteiger partial charge in [0.15, 0.2) is 11.5 Å². The number of para-hydroxylation sites is 1. The van der Waals surface area contributed by atoms with Crippen LogP contribution in [0.1, 0.15) is 6.42 Å². The van der Waals surface area contributed by atoms with Crippen LogP contribution < -0.4 is 19.5 Å². The standard InChI is InChI=1S/C15H22N2O4/c1-19-12-4-3-5-13(15(12)20-2)21-11-6-14(18)17-9-7-16-8-10-17/h3-5,16H,6-11H2,1-2H3. The van der Waals surface area contributed by atoms with Crippen molar-refractivity contribution in [2.45, 2.75) is 6.42 Å². The van der Waals surface area contributed by atoms with Crippen LogP contribution in [0.4, 0.5) is 0 Å².